The lowest BCUT2D eigenvalue weighted by atomic mass is 10.0. The molecule has 0 radical (unpaired) electrons. The molecule has 0 atom stereocenters. The van der Waals surface area contributed by atoms with Gasteiger partial charge in [-0.15, -0.1) is 0 Å². The fourth-order valence-corrected chi connectivity index (χ4v) is 2.22. The first-order valence-electron chi connectivity index (χ1n) is 5.74. The number of piperazine rings is 1. The Morgan fingerprint density at radius 1 is 1.20 bits per heavy atom. The molecule has 0 unspecified atom stereocenters. The van der Waals surface area contributed by atoms with Crippen LogP contribution in [0, 0.1) is 0 Å². The van der Waals surface area contributed by atoms with Crippen LogP contribution in [0.5, 0.6) is 0 Å². The van der Waals surface area contributed by atoms with Crippen LogP contribution in [0.3, 0.4) is 0 Å². The van der Waals surface area contributed by atoms with E-state index in [1.54, 1.807) is 13.8 Å². The van der Waals surface area contributed by atoms with Gasteiger partial charge < -0.3 is 5.11 Å². The predicted octanol–water partition coefficient (Wildman–Crippen LogP) is 0.630. The van der Waals surface area contributed by atoms with E-state index in [9.17, 15) is 4.79 Å². The summed E-state index contributed by atoms with van der Waals surface area (Å²) in [5, 5.41) is 9.13. The van der Waals surface area contributed by atoms with E-state index >= 15 is 0 Å². The Kier molecular flexibility index (Phi) is 2.73. The number of hydrogen-bond donors (Lipinski definition) is 1. The maximum absolute atomic E-state index is 11.1. The molecule has 0 aromatic rings. The molecule has 1 heterocycles. The minimum Gasteiger partial charge on any atom is -0.480 e. The molecule has 0 bridgehead atoms. The van der Waals surface area contributed by atoms with Crippen LogP contribution in [0.4, 0.5) is 0 Å². The molecule has 1 aliphatic heterocycles. The van der Waals surface area contributed by atoms with Gasteiger partial charge in [0.25, 0.3) is 0 Å². The summed E-state index contributed by atoms with van der Waals surface area (Å²) >= 11 is 0. The van der Waals surface area contributed by atoms with Crippen molar-refractivity contribution in [3.05, 3.63) is 0 Å². The molecule has 1 N–H and O–H groups in total. The van der Waals surface area contributed by atoms with E-state index in [0.717, 1.165) is 32.2 Å². The number of carbonyl (C=O) groups is 1. The van der Waals surface area contributed by atoms with Crippen LogP contribution in [0.15, 0.2) is 0 Å². The third-order valence-corrected chi connectivity index (χ3v) is 3.69. The molecule has 15 heavy (non-hydrogen) atoms. The SMILES string of the molecule is CC(C)(C(=O)O)N1CCN(C2CC2)CC1. The monoisotopic (exact) mass is 212 g/mol. The van der Waals surface area contributed by atoms with Gasteiger partial charge in [0.05, 0.1) is 0 Å². The van der Waals surface area contributed by atoms with Gasteiger partial charge in [-0.05, 0) is 26.7 Å². The van der Waals surface area contributed by atoms with Gasteiger partial charge in [0.2, 0.25) is 0 Å². The third kappa shape index (κ3) is 2.16. The van der Waals surface area contributed by atoms with Gasteiger partial charge in [0, 0.05) is 32.2 Å². The molecule has 86 valence electrons. The van der Waals surface area contributed by atoms with Crippen LogP contribution in [0.1, 0.15) is 26.7 Å². The highest BCUT2D eigenvalue weighted by molar-refractivity contribution is 5.77. The summed E-state index contributed by atoms with van der Waals surface area (Å²) in [7, 11) is 0. The van der Waals surface area contributed by atoms with Crippen molar-refractivity contribution in [3.8, 4) is 0 Å². The Balaban J connectivity index is 1.89. The number of nitrogens with zero attached hydrogens (tertiary/aromatic N) is 2. The first-order valence-corrected chi connectivity index (χ1v) is 5.74. The number of carboxylic acids is 1. The van der Waals surface area contributed by atoms with Gasteiger partial charge in [-0.1, -0.05) is 0 Å². The van der Waals surface area contributed by atoms with Crippen LogP contribution < -0.4 is 0 Å². The lowest BCUT2D eigenvalue weighted by Crippen LogP contribution is -2.58. The highest BCUT2D eigenvalue weighted by Gasteiger charge is 2.38. The Hall–Kier alpha value is -0.610. The largest absolute Gasteiger partial charge is 0.480 e. The van der Waals surface area contributed by atoms with Crippen molar-refractivity contribution in [2.45, 2.75) is 38.3 Å². The van der Waals surface area contributed by atoms with E-state index in [2.05, 4.69) is 9.80 Å². The third-order valence-electron chi connectivity index (χ3n) is 3.69. The van der Waals surface area contributed by atoms with Gasteiger partial charge in [-0.2, -0.15) is 0 Å². The van der Waals surface area contributed by atoms with Crippen molar-refractivity contribution >= 4 is 5.97 Å². The summed E-state index contributed by atoms with van der Waals surface area (Å²) in [6.45, 7) is 7.42. The molecule has 0 aromatic carbocycles. The summed E-state index contributed by atoms with van der Waals surface area (Å²) < 4.78 is 0. The van der Waals surface area contributed by atoms with Gasteiger partial charge in [-0.25, -0.2) is 0 Å². The van der Waals surface area contributed by atoms with Crippen molar-refractivity contribution in [3.63, 3.8) is 0 Å². The number of hydrogen-bond acceptors (Lipinski definition) is 3. The molecular weight excluding hydrogens is 192 g/mol. The average Bonchev–Trinajstić information content (AvgIpc) is 3.01. The topological polar surface area (TPSA) is 43.8 Å². The molecule has 1 aliphatic carbocycles. The molecule has 4 heteroatoms. The summed E-state index contributed by atoms with van der Waals surface area (Å²) in [5.41, 5.74) is -0.713. The molecule has 2 aliphatic rings. The van der Waals surface area contributed by atoms with Crippen LogP contribution in [-0.4, -0.2) is 58.6 Å². The zero-order valence-corrected chi connectivity index (χ0v) is 9.57. The lowest BCUT2D eigenvalue weighted by molar-refractivity contribution is -0.150. The van der Waals surface area contributed by atoms with Gasteiger partial charge >= 0.3 is 5.97 Å². The zero-order chi connectivity index (χ0) is 11.1. The van der Waals surface area contributed by atoms with Crippen molar-refractivity contribution in [2.75, 3.05) is 26.2 Å². The molecular formula is C11H20N2O2. The maximum atomic E-state index is 11.1. The average molecular weight is 212 g/mol. The van der Waals surface area contributed by atoms with Crippen molar-refractivity contribution in [2.24, 2.45) is 0 Å². The molecule has 1 saturated heterocycles. The summed E-state index contributed by atoms with van der Waals surface area (Å²) in [4.78, 5) is 15.7. The minimum absolute atomic E-state index is 0.713. The fourth-order valence-electron chi connectivity index (χ4n) is 2.22. The molecule has 2 fully saturated rings. The summed E-state index contributed by atoms with van der Waals surface area (Å²) in [6, 6.07) is 0.806. The summed E-state index contributed by atoms with van der Waals surface area (Å²) in [6.07, 6.45) is 2.67. The molecule has 2 rings (SSSR count). The zero-order valence-electron chi connectivity index (χ0n) is 9.57. The highest BCUT2D eigenvalue weighted by atomic mass is 16.4. The van der Waals surface area contributed by atoms with Crippen LogP contribution in [-0.2, 0) is 4.79 Å². The Morgan fingerprint density at radius 2 is 1.73 bits per heavy atom. The predicted molar refractivity (Wildman–Crippen MR) is 57.9 cm³/mol. The summed E-state index contributed by atoms with van der Waals surface area (Å²) in [5.74, 6) is -0.720. The van der Waals surface area contributed by atoms with Gasteiger partial charge in [-0.3, -0.25) is 14.6 Å². The molecule has 0 aromatic heterocycles. The first kappa shape index (κ1) is 10.9. The molecule has 0 spiro atoms. The quantitative estimate of drug-likeness (QED) is 0.745. The van der Waals surface area contributed by atoms with E-state index < -0.39 is 11.5 Å². The van der Waals surface area contributed by atoms with Gasteiger partial charge in [0.15, 0.2) is 0 Å². The second kappa shape index (κ2) is 3.76. The smallest absolute Gasteiger partial charge is 0.323 e. The second-order valence-corrected chi connectivity index (χ2v) is 5.12. The van der Waals surface area contributed by atoms with Crippen LogP contribution in [0.2, 0.25) is 0 Å². The Bertz CT molecular complexity index is 253. The number of carboxylic acid groups (broad SMARTS) is 1. The first-order chi connectivity index (χ1) is 7.01. The van der Waals surface area contributed by atoms with E-state index in [1.165, 1.54) is 12.8 Å². The van der Waals surface area contributed by atoms with Crippen LogP contribution >= 0.6 is 0 Å². The molecule has 0 amide bonds. The van der Waals surface area contributed by atoms with Crippen molar-refractivity contribution < 1.29 is 9.90 Å². The van der Waals surface area contributed by atoms with Crippen molar-refractivity contribution in [1.29, 1.82) is 0 Å². The van der Waals surface area contributed by atoms with E-state index in [4.69, 9.17) is 5.11 Å². The highest BCUT2D eigenvalue weighted by Crippen LogP contribution is 2.28. The van der Waals surface area contributed by atoms with Crippen molar-refractivity contribution in [1.82, 2.24) is 9.80 Å². The van der Waals surface area contributed by atoms with E-state index in [0.29, 0.717) is 0 Å². The molecule has 4 nitrogen and oxygen atoms in total. The Labute approximate surface area is 90.9 Å². The second-order valence-electron chi connectivity index (χ2n) is 5.12. The fraction of sp³-hybridized carbons (Fsp3) is 0.909. The van der Waals surface area contributed by atoms with Crippen LogP contribution in [0.25, 0.3) is 0 Å². The minimum atomic E-state index is -0.720. The number of rotatable bonds is 3. The Morgan fingerprint density at radius 3 is 2.13 bits per heavy atom. The lowest BCUT2D eigenvalue weighted by Gasteiger charge is -2.41. The standard InChI is InChI=1S/C11H20N2O2/c1-11(2,10(14)15)13-7-5-12(6-8-13)9-3-4-9/h9H,3-8H2,1-2H3,(H,14,15). The van der Waals surface area contributed by atoms with E-state index in [1.807, 2.05) is 0 Å². The maximum Gasteiger partial charge on any atom is 0.323 e. The van der Waals surface area contributed by atoms with E-state index in [-0.39, 0.29) is 0 Å². The van der Waals surface area contributed by atoms with Gasteiger partial charge in [0.1, 0.15) is 5.54 Å². The molecule has 1 saturated carbocycles. The normalized spacial score (nSPS) is 25.5. The number of aliphatic carboxylic acids is 1.